The average Bonchev–Trinajstić information content (AvgIpc) is 2.43. The minimum Gasteiger partial charge on any atom is -0.388 e. The lowest BCUT2D eigenvalue weighted by Gasteiger charge is -2.04. The van der Waals surface area contributed by atoms with Crippen molar-refractivity contribution in [3.8, 4) is 12.3 Å². The maximum absolute atomic E-state index is 9.68. The Morgan fingerprint density at radius 2 is 2.46 bits per heavy atom. The van der Waals surface area contributed by atoms with Crippen molar-refractivity contribution in [3.63, 3.8) is 0 Å². The molecule has 1 heterocycles. The van der Waals surface area contributed by atoms with Gasteiger partial charge in [0.2, 0.25) is 0 Å². The first kappa shape index (κ1) is 10.8. The molecule has 0 aliphatic heterocycles. The lowest BCUT2D eigenvalue weighted by Crippen LogP contribution is -1.92. The summed E-state index contributed by atoms with van der Waals surface area (Å²) in [5.74, 6) is 2.52. The van der Waals surface area contributed by atoms with Crippen LogP contribution in [0.25, 0.3) is 0 Å². The summed E-state index contributed by atoms with van der Waals surface area (Å²) in [7, 11) is 0. The second-order valence-electron chi connectivity index (χ2n) is 2.86. The molecule has 1 atom stereocenters. The van der Waals surface area contributed by atoms with Crippen LogP contribution in [-0.4, -0.2) is 5.11 Å². The first-order valence-electron chi connectivity index (χ1n) is 4.02. The smallest absolute Gasteiger partial charge is 0.0891 e. The molecule has 13 heavy (non-hydrogen) atoms. The molecule has 1 aromatic heterocycles. The average molecular weight is 259 g/mol. The van der Waals surface area contributed by atoms with E-state index in [0.717, 1.165) is 8.66 Å². The van der Waals surface area contributed by atoms with Crippen molar-refractivity contribution in [1.82, 2.24) is 0 Å². The van der Waals surface area contributed by atoms with Crippen LogP contribution < -0.4 is 0 Å². The van der Waals surface area contributed by atoms with Gasteiger partial charge in [0, 0.05) is 11.3 Å². The van der Waals surface area contributed by atoms with Gasteiger partial charge in [-0.1, -0.05) is 0 Å². The van der Waals surface area contributed by atoms with Crippen molar-refractivity contribution in [2.45, 2.75) is 25.9 Å². The minimum atomic E-state index is -0.411. The molecule has 70 valence electrons. The zero-order valence-corrected chi connectivity index (χ0v) is 9.78. The Morgan fingerprint density at radius 1 is 1.77 bits per heavy atom. The van der Waals surface area contributed by atoms with Gasteiger partial charge < -0.3 is 5.11 Å². The molecule has 0 aromatic carbocycles. The summed E-state index contributed by atoms with van der Waals surface area (Å²) in [5, 5.41) is 9.68. The first-order chi connectivity index (χ1) is 6.15. The topological polar surface area (TPSA) is 20.2 Å². The van der Waals surface area contributed by atoms with E-state index in [4.69, 9.17) is 6.42 Å². The number of halogens is 1. The van der Waals surface area contributed by atoms with Crippen LogP contribution in [-0.2, 0) is 0 Å². The van der Waals surface area contributed by atoms with Crippen molar-refractivity contribution in [2.24, 2.45) is 0 Å². The molecular weight excluding hydrogens is 248 g/mol. The van der Waals surface area contributed by atoms with Gasteiger partial charge in [-0.15, -0.1) is 23.7 Å². The molecule has 0 saturated heterocycles. The Hall–Kier alpha value is -0.300. The molecule has 1 nitrogen and oxygen atoms in total. The van der Waals surface area contributed by atoms with Crippen molar-refractivity contribution in [2.75, 3.05) is 0 Å². The van der Waals surface area contributed by atoms with Crippen LogP contribution in [0.1, 0.15) is 29.4 Å². The normalized spacial score (nSPS) is 12.5. The third-order valence-electron chi connectivity index (χ3n) is 1.77. The highest BCUT2D eigenvalue weighted by molar-refractivity contribution is 9.11. The maximum atomic E-state index is 9.68. The van der Waals surface area contributed by atoms with Gasteiger partial charge in [0.25, 0.3) is 0 Å². The summed E-state index contributed by atoms with van der Waals surface area (Å²) in [4.78, 5) is 0.986. The lowest BCUT2D eigenvalue weighted by molar-refractivity contribution is 0.173. The summed E-state index contributed by atoms with van der Waals surface area (Å²) in [5.41, 5.74) is 1.17. The van der Waals surface area contributed by atoms with Crippen LogP contribution in [0.2, 0.25) is 0 Å². The molecule has 0 fully saturated rings. The standard InChI is InChI=1S/C10H11BrOS/c1-3-4-5-8(12)9-6-7(2)10(11)13-9/h1,6,8,12H,4-5H2,2H3. The van der Waals surface area contributed by atoms with Gasteiger partial charge >= 0.3 is 0 Å². The second-order valence-corrected chi connectivity index (χ2v) is 5.27. The summed E-state index contributed by atoms with van der Waals surface area (Å²) in [6.07, 6.45) is 5.97. The molecule has 0 spiro atoms. The molecule has 1 aromatic rings. The molecule has 1 rings (SSSR count). The molecule has 3 heteroatoms. The monoisotopic (exact) mass is 258 g/mol. The maximum Gasteiger partial charge on any atom is 0.0891 e. The van der Waals surface area contributed by atoms with E-state index in [9.17, 15) is 5.11 Å². The predicted octanol–water partition coefficient (Wildman–Crippen LogP) is 3.27. The SMILES string of the molecule is C#CCCC(O)c1cc(C)c(Br)s1. The highest BCUT2D eigenvalue weighted by Crippen LogP contribution is 2.32. The third-order valence-corrected chi connectivity index (χ3v) is 4.00. The highest BCUT2D eigenvalue weighted by atomic mass is 79.9. The van der Waals surface area contributed by atoms with E-state index in [0.29, 0.717) is 12.8 Å². The molecule has 1 N–H and O–H groups in total. The Kier molecular flexibility index (Phi) is 3.98. The minimum absolute atomic E-state index is 0.411. The van der Waals surface area contributed by atoms with Gasteiger partial charge in [-0.05, 0) is 40.9 Å². The number of aryl methyl sites for hydroxylation is 1. The lowest BCUT2D eigenvalue weighted by atomic mass is 10.1. The van der Waals surface area contributed by atoms with Gasteiger partial charge in [-0.25, -0.2) is 0 Å². The van der Waals surface area contributed by atoms with Crippen LogP contribution in [0.5, 0.6) is 0 Å². The molecule has 1 unspecified atom stereocenters. The number of aliphatic hydroxyl groups is 1. The Labute approximate surface area is 90.9 Å². The summed E-state index contributed by atoms with van der Waals surface area (Å²) in [6.45, 7) is 2.01. The van der Waals surface area contributed by atoms with Crippen LogP contribution in [0.4, 0.5) is 0 Å². The van der Waals surface area contributed by atoms with E-state index in [-0.39, 0.29) is 0 Å². The Balaban J connectivity index is 2.67. The zero-order chi connectivity index (χ0) is 9.84. The van der Waals surface area contributed by atoms with Gasteiger partial charge in [-0.3, -0.25) is 0 Å². The van der Waals surface area contributed by atoms with Crippen molar-refractivity contribution < 1.29 is 5.11 Å². The Bertz CT molecular complexity index is 305. The molecule has 0 bridgehead atoms. The van der Waals surface area contributed by atoms with E-state index in [1.807, 2.05) is 13.0 Å². The van der Waals surface area contributed by atoms with Crippen molar-refractivity contribution in [3.05, 3.63) is 20.3 Å². The number of terminal acetylenes is 1. The van der Waals surface area contributed by atoms with Crippen LogP contribution in [0.15, 0.2) is 9.85 Å². The van der Waals surface area contributed by atoms with E-state index >= 15 is 0 Å². The number of rotatable bonds is 3. The van der Waals surface area contributed by atoms with Gasteiger partial charge in [0.1, 0.15) is 0 Å². The molecule has 0 aliphatic rings. The largest absolute Gasteiger partial charge is 0.388 e. The van der Waals surface area contributed by atoms with Gasteiger partial charge in [0.15, 0.2) is 0 Å². The van der Waals surface area contributed by atoms with Crippen LogP contribution in [0.3, 0.4) is 0 Å². The van der Waals surface area contributed by atoms with E-state index in [2.05, 4.69) is 21.9 Å². The van der Waals surface area contributed by atoms with E-state index in [1.54, 1.807) is 11.3 Å². The summed E-state index contributed by atoms with van der Waals surface area (Å²) >= 11 is 4.99. The fourth-order valence-electron chi connectivity index (χ4n) is 1.01. The van der Waals surface area contributed by atoms with Crippen LogP contribution >= 0.6 is 27.3 Å². The van der Waals surface area contributed by atoms with E-state index in [1.165, 1.54) is 5.56 Å². The van der Waals surface area contributed by atoms with Gasteiger partial charge in [0.05, 0.1) is 9.89 Å². The van der Waals surface area contributed by atoms with Crippen molar-refractivity contribution >= 4 is 27.3 Å². The third kappa shape index (κ3) is 2.84. The Morgan fingerprint density at radius 3 is 2.92 bits per heavy atom. The van der Waals surface area contributed by atoms with Crippen molar-refractivity contribution in [1.29, 1.82) is 0 Å². The number of thiophene rings is 1. The van der Waals surface area contributed by atoms with E-state index < -0.39 is 6.10 Å². The predicted molar refractivity (Wildman–Crippen MR) is 59.8 cm³/mol. The fraction of sp³-hybridized carbons (Fsp3) is 0.400. The van der Waals surface area contributed by atoms with Crippen LogP contribution in [0, 0.1) is 19.3 Å². The molecule has 0 aliphatic carbocycles. The molecule has 0 saturated carbocycles. The zero-order valence-electron chi connectivity index (χ0n) is 7.38. The quantitative estimate of drug-likeness (QED) is 0.826. The number of hydrogen-bond acceptors (Lipinski definition) is 2. The molecular formula is C10H11BrOS. The number of hydrogen-bond donors (Lipinski definition) is 1. The molecule has 0 amide bonds. The second kappa shape index (κ2) is 4.80. The molecule has 0 radical (unpaired) electrons. The fourth-order valence-corrected chi connectivity index (χ4v) is 2.60. The summed E-state index contributed by atoms with van der Waals surface area (Å²) < 4.78 is 1.09. The highest BCUT2D eigenvalue weighted by Gasteiger charge is 2.11. The van der Waals surface area contributed by atoms with Gasteiger partial charge in [-0.2, -0.15) is 0 Å². The first-order valence-corrected chi connectivity index (χ1v) is 5.63. The number of aliphatic hydroxyl groups excluding tert-OH is 1. The summed E-state index contributed by atoms with van der Waals surface area (Å²) in [6, 6.07) is 2.00.